The van der Waals surface area contributed by atoms with E-state index in [1.54, 1.807) is 19.2 Å². The zero-order valence-electron chi connectivity index (χ0n) is 13.8. The van der Waals surface area contributed by atoms with Crippen molar-refractivity contribution in [3.63, 3.8) is 0 Å². The summed E-state index contributed by atoms with van der Waals surface area (Å²) in [7, 11) is 1.77. The Bertz CT molecular complexity index is 466. The Morgan fingerprint density at radius 1 is 1.32 bits per heavy atom. The number of aryl methyl sites for hydroxylation is 1. The van der Waals surface area contributed by atoms with Crippen LogP contribution in [0.5, 0.6) is 0 Å². The van der Waals surface area contributed by atoms with Crippen LogP contribution in [-0.2, 0) is 6.42 Å². The van der Waals surface area contributed by atoms with E-state index in [9.17, 15) is 4.39 Å². The average Bonchev–Trinajstić information content (AvgIpc) is 2.46. The molecule has 2 N–H and O–H groups in total. The van der Waals surface area contributed by atoms with Crippen LogP contribution in [0.4, 0.5) is 4.39 Å². The third kappa shape index (κ3) is 8.82. The van der Waals surface area contributed by atoms with Gasteiger partial charge in [-0.05, 0) is 50.6 Å². The van der Waals surface area contributed by atoms with Gasteiger partial charge in [0.25, 0.3) is 0 Å². The molecule has 3 nitrogen and oxygen atoms in total. The van der Waals surface area contributed by atoms with E-state index in [0.29, 0.717) is 0 Å². The molecule has 22 heavy (non-hydrogen) atoms. The quantitative estimate of drug-likeness (QED) is 0.295. The lowest BCUT2D eigenvalue weighted by atomic mass is 10.1. The highest BCUT2D eigenvalue weighted by Gasteiger charge is 2.15. The summed E-state index contributed by atoms with van der Waals surface area (Å²) in [5.74, 6) is 0.647. The highest BCUT2D eigenvalue weighted by molar-refractivity contribution is 14.0. The van der Waals surface area contributed by atoms with Crippen LogP contribution in [0.3, 0.4) is 0 Å². The molecule has 0 saturated heterocycles. The molecule has 0 aliphatic rings. The first-order valence-corrected chi connectivity index (χ1v) is 8.43. The molecule has 0 aliphatic carbocycles. The third-order valence-corrected chi connectivity index (χ3v) is 4.53. The van der Waals surface area contributed by atoms with Gasteiger partial charge < -0.3 is 10.6 Å². The fraction of sp³-hybridized carbons (Fsp3) is 0.562. The van der Waals surface area contributed by atoms with Gasteiger partial charge in [0.2, 0.25) is 0 Å². The lowest BCUT2D eigenvalue weighted by Crippen LogP contribution is -2.43. The molecular formula is C16H27FIN3S. The highest BCUT2D eigenvalue weighted by atomic mass is 127. The van der Waals surface area contributed by atoms with Crippen molar-refractivity contribution in [2.45, 2.75) is 31.4 Å². The van der Waals surface area contributed by atoms with Gasteiger partial charge in [-0.1, -0.05) is 12.1 Å². The number of nitrogens with one attached hydrogen (secondary N) is 2. The minimum atomic E-state index is -0.169. The smallest absolute Gasteiger partial charge is 0.191 e. The fourth-order valence-electron chi connectivity index (χ4n) is 1.78. The van der Waals surface area contributed by atoms with E-state index >= 15 is 0 Å². The summed E-state index contributed by atoms with van der Waals surface area (Å²) in [6, 6.07) is 6.77. The van der Waals surface area contributed by atoms with Crippen molar-refractivity contribution in [1.82, 2.24) is 10.6 Å². The Kier molecular flexibility index (Phi) is 10.8. The topological polar surface area (TPSA) is 36.4 Å². The Balaban J connectivity index is 0.00000441. The SMILES string of the molecule is CN=C(NCCCc1cccc(F)c1)NCC(C)(C)SC.I. The maximum Gasteiger partial charge on any atom is 0.191 e. The summed E-state index contributed by atoms with van der Waals surface area (Å²) in [5.41, 5.74) is 1.03. The fourth-order valence-corrected chi connectivity index (χ4v) is 2.00. The van der Waals surface area contributed by atoms with Crippen molar-refractivity contribution < 1.29 is 4.39 Å². The molecule has 0 aliphatic heterocycles. The van der Waals surface area contributed by atoms with E-state index in [2.05, 4.69) is 35.7 Å². The van der Waals surface area contributed by atoms with E-state index in [1.807, 2.05) is 17.8 Å². The Labute approximate surface area is 155 Å². The van der Waals surface area contributed by atoms with Gasteiger partial charge >= 0.3 is 0 Å². The summed E-state index contributed by atoms with van der Waals surface area (Å²) < 4.78 is 13.2. The van der Waals surface area contributed by atoms with Gasteiger partial charge in [-0.15, -0.1) is 24.0 Å². The summed E-state index contributed by atoms with van der Waals surface area (Å²) in [4.78, 5) is 4.21. The van der Waals surface area contributed by atoms with Crippen molar-refractivity contribution in [3.05, 3.63) is 35.6 Å². The number of thioether (sulfide) groups is 1. The van der Waals surface area contributed by atoms with E-state index < -0.39 is 0 Å². The lowest BCUT2D eigenvalue weighted by Gasteiger charge is -2.23. The van der Waals surface area contributed by atoms with Gasteiger partial charge in [0.1, 0.15) is 5.82 Å². The van der Waals surface area contributed by atoms with Gasteiger partial charge in [0.15, 0.2) is 5.96 Å². The van der Waals surface area contributed by atoms with Crippen molar-refractivity contribution in [2.24, 2.45) is 4.99 Å². The molecule has 1 aromatic carbocycles. The number of hydrogen-bond donors (Lipinski definition) is 2. The second-order valence-corrected chi connectivity index (χ2v) is 7.06. The van der Waals surface area contributed by atoms with Gasteiger partial charge in [-0.2, -0.15) is 11.8 Å². The number of halogens is 2. The zero-order valence-corrected chi connectivity index (χ0v) is 16.9. The molecule has 0 amide bonds. The molecule has 0 unspecified atom stereocenters. The molecule has 1 aromatic rings. The van der Waals surface area contributed by atoms with Crippen LogP contribution in [0.1, 0.15) is 25.8 Å². The summed E-state index contributed by atoms with van der Waals surface area (Å²) in [5, 5.41) is 6.61. The molecule has 1 rings (SSSR count). The number of benzene rings is 1. The number of nitrogens with zero attached hydrogens (tertiary/aromatic N) is 1. The van der Waals surface area contributed by atoms with Crippen molar-refractivity contribution in [3.8, 4) is 0 Å². The number of hydrogen-bond acceptors (Lipinski definition) is 2. The Morgan fingerprint density at radius 3 is 2.64 bits per heavy atom. The number of guanidine groups is 1. The predicted molar refractivity (Wildman–Crippen MR) is 107 cm³/mol. The lowest BCUT2D eigenvalue weighted by molar-refractivity contribution is 0.623. The monoisotopic (exact) mass is 439 g/mol. The zero-order chi connectivity index (χ0) is 15.7. The second-order valence-electron chi connectivity index (χ2n) is 5.55. The van der Waals surface area contributed by atoms with E-state index in [0.717, 1.165) is 37.5 Å². The highest BCUT2D eigenvalue weighted by Crippen LogP contribution is 2.19. The first kappa shape index (κ1) is 21.5. The van der Waals surface area contributed by atoms with Gasteiger partial charge in [-0.3, -0.25) is 4.99 Å². The molecule has 0 radical (unpaired) electrons. The Morgan fingerprint density at radius 2 is 2.05 bits per heavy atom. The van der Waals surface area contributed by atoms with Gasteiger partial charge in [0, 0.05) is 24.9 Å². The van der Waals surface area contributed by atoms with Crippen LogP contribution in [0.25, 0.3) is 0 Å². The second kappa shape index (κ2) is 11.1. The molecule has 0 saturated carbocycles. The van der Waals surface area contributed by atoms with E-state index in [4.69, 9.17) is 0 Å². The normalized spacial score (nSPS) is 11.8. The largest absolute Gasteiger partial charge is 0.356 e. The van der Waals surface area contributed by atoms with E-state index in [1.165, 1.54) is 6.07 Å². The van der Waals surface area contributed by atoms with Crippen molar-refractivity contribution in [1.29, 1.82) is 0 Å². The number of rotatable bonds is 7. The molecule has 126 valence electrons. The molecule has 6 heteroatoms. The van der Waals surface area contributed by atoms with Crippen molar-refractivity contribution in [2.75, 3.05) is 26.4 Å². The van der Waals surface area contributed by atoms with Crippen LogP contribution in [-0.4, -0.2) is 37.1 Å². The first-order valence-electron chi connectivity index (χ1n) is 7.21. The van der Waals surface area contributed by atoms with Crippen LogP contribution in [0.15, 0.2) is 29.3 Å². The summed E-state index contributed by atoms with van der Waals surface area (Å²) >= 11 is 1.83. The third-order valence-electron chi connectivity index (χ3n) is 3.28. The minimum absolute atomic E-state index is 0. The molecule has 0 bridgehead atoms. The van der Waals surface area contributed by atoms with Crippen LogP contribution >= 0.6 is 35.7 Å². The molecule has 0 heterocycles. The molecular weight excluding hydrogens is 412 g/mol. The van der Waals surface area contributed by atoms with E-state index in [-0.39, 0.29) is 34.5 Å². The van der Waals surface area contributed by atoms with Crippen molar-refractivity contribution >= 4 is 41.7 Å². The van der Waals surface area contributed by atoms with Crippen LogP contribution < -0.4 is 10.6 Å². The van der Waals surface area contributed by atoms with Gasteiger partial charge in [-0.25, -0.2) is 4.39 Å². The summed E-state index contributed by atoms with van der Waals surface area (Å²) in [6.45, 7) is 6.07. The molecule has 0 atom stereocenters. The first-order chi connectivity index (χ1) is 9.96. The average molecular weight is 439 g/mol. The maximum absolute atomic E-state index is 13.1. The Hall–Kier alpha value is -0.500. The molecule has 0 fully saturated rings. The van der Waals surface area contributed by atoms with Crippen LogP contribution in [0, 0.1) is 5.82 Å². The molecule has 0 aromatic heterocycles. The maximum atomic E-state index is 13.1. The van der Waals surface area contributed by atoms with Crippen LogP contribution in [0.2, 0.25) is 0 Å². The number of aliphatic imine (C=N–C) groups is 1. The summed E-state index contributed by atoms with van der Waals surface area (Å²) in [6.07, 6.45) is 3.91. The molecule has 0 spiro atoms. The van der Waals surface area contributed by atoms with Gasteiger partial charge in [0.05, 0.1) is 0 Å². The standard InChI is InChI=1S/C16H26FN3S.HI/c1-16(2,21-4)12-20-15(18-3)19-10-6-8-13-7-5-9-14(17)11-13;/h5,7,9,11H,6,8,10,12H2,1-4H3,(H2,18,19,20);1H. The predicted octanol–water partition coefficient (Wildman–Crippen LogP) is 3.68. The minimum Gasteiger partial charge on any atom is -0.356 e.